The average Bonchev–Trinajstić information content (AvgIpc) is 2.61. The number of nitrogens with one attached hydrogen (secondary N) is 1. The maximum absolute atomic E-state index is 12.6. The van der Waals surface area contributed by atoms with Crippen molar-refractivity contribution in [2.24, 2.45) is 0 Å². The molecule has 0 radical (unpaired) electrons. The molecule has 0 unspecified atom stereocenters. The van der Waals surface area contributed by atoms with Gasteiger partial charge >= 0.3 is 10.2 Å². The van der Waals surface area contributed by atoms with Gasteiger partial charge in [0.25, 0.3) is 5.91 Å². The van der Waals surface area contributed by atoms with Crippen molar-refractivity contribution in [3.05, 3.63) is 23.8 Å². The van der Waals surface area contributed by atoms with Crippen molar-refractivity contribution in [2.45, 2.75) is 50.6 Å². The molecule has 1 aromatic carbocycles. The Morgan fingerprint density at radius 3 is 2.50 bits per heavy atom. The number of anilines is 1. The molecule has 5 atom stereocenters. The van der Waals surface area contributed by atoms with E-state index < -0.39 is 59.5 Å². The van der Waals surface area contributed by atoms with E-state index in [0.717, 1.165) is 0 Å². The minimum absolute atomic E-state index is 0.0330. The number of fused-ring (bicyclic) bond motifs is 1. The number of carbonyl (C=O) groups excluding carboxylic acids is 1. The second-order valence-electron chi connectivity index (χ2n) is 6.82. The zero-order valence-electron chi connectivity index (χ0n) is 15.1. The van der Waals surface area contributed by atoms with Crippen molar-refractivity contribution >= 4 is 21.8 Å². The van der Waals surface area contributed by atoms with E-state index in [9.17, 15) is 33.6 Å². The Balaban J connectivity index is 1.88. The highest BCUT2D eigenvalue weighted by molar-refractivity contribution is 7.91. The quantitative estimate of drug-likeness (QED) is 0.386. The molecule has 2 heterocycles. The van der Waals surface area contributed by atoms with Crippen molar-refractivity contribution in [2.75, 3.05) is 11.3 Å². The molecule has 0 aliphatic carbocycles. The van der Waals surface area contributed by atoms with Gasteiger partial charge in [0.05, 0.1) is 17.9 Å². The largest absolute Gasteiger partial charge is 0.462 e. The van der Waals surface area contributed by atoms with Crippen LogP contribution in [-0.4, -0.2) is 82.4 Å². The molecule has 0 spiro atoms. The zero-order valence-corrected chi connectivity index (χ0v) is 15.9. The van der Waals surface area contributed by atoms with Crippen molar-refractivity contribution in [3.63, 3.8) is 0 Å². The van der Waals surface area contributed by atoms with Gasteiger partial charge in [-0.05, 0) is 32.0 Å². The van der Waals surface area contributed by atoms with E-state index in [1.807, 2.05) is 0 Å². The van der Waals surface area contributed by atoms with E-state index in [-0.39, 0.29) is 17.0 Å². The van der Waals surface area contributed by atoms with Crippen LogP contribution < -0.4 is 9.46 Å². The molecule has 1 fully saturated rings. The first kappa shape index (κ1) is 20.8. The molecule has 1 amide bonds. The van der Waals surface area contributed by atoms with Crippen LogP contribution in [0.3, 0.4) is 0 Å². The number of benzene rings is 1. The molecule has 0 saturated carbocycles. The lowest BCUT2D eigenvalue weighted by Gasteiger charge is -2.39. The van der Waals surface area contributed by atoms with Gasteiger partial charge in [0.15, 0.2) is 0 Å². The number of hydrogen-bond acceptors (Lipinski definition) is 9. The van der Waals surface area contributed by atoms with Gasteiger partial charge in [0, 0.05) is 6.04 Å². The summed E-state index contributed by atoms with van der Waals surface area (Å²) in [4.78, 5) is 12.6. The molecular formula is C16H22N2O9S. The van der Waals surface area contributed by atoms with Crippen molar-refractivity contribution < 1.29 is 43.1 Å². The van der Waals surface area contributed by atoms with Crippen LogP contribution in [0.2, 0.25) is 0 Å². The van der Waals surface area contributed by atoms with Gasteiger partial charge in [-0.2, -0.15) is 8.42 Å². The summed E-state index contributed by atoms with van der Waals surface area (Å²) in [7, 11) is -4.02. The van der Waals surface area contributed by atoms with Crippen molar-refractivity contribution in [3.8, 4) is 5.75 Å². The van der Waals surface area contributed by atoms with Crippen molar-refractivity contribution in [1.82, 2.24) is 4.31 Å². The summed E-state index contributed by atoms with van der Waals surface area (Å²) in [6.07, 6.45) is -7.33. The van der Waals surface area contributed by atoms with Crippen LogP contribution in [0.25, 0.3) is 0 Å². The minimum Gasteiger partial charge on any atom is -0.462 e. The predicted octanol–water partition coefficient (Wildman–Crippen LogP) is -1.61. The van der Waals surface area contributed by atoms with Crippen LogP contribution in [-0.2, 0) is 14.9 Å². The Morgan fingerprint density at radius 2 is 1.89 bits per heavy atom. The first-order valence-electron chi connectivity index (χ1n) is 8.54. The molecule has 11 nitrogen and oxygen atoms in total. The van der Waals surface area contributed by atoms with Crippen LogP contribution in [0, 0.1) is 0 Å². The monoisotopic (exact) mass is 418 g/mol. The first-order chi connectivity index (χ1) is 13.1. The number of amides is 1. The second-order valence-corrected chi connectivity index (χ2v) is 8.37. The van der Waals surface area contributed by atoms with E-state index in [2.05, 4.69) is 4.72 Å². The second kappa shape index (κ2) is 7.46. The molecule has 1 aromatic rings. The topological polar surface area (TPSA) is 166 Å². The third-order valence-electron chi connectivity index (χ3n) is 4.49. The molecule has 2 aliphatic rings. The molecule has 12 heteroatoms. The number of aliphatic hydroxyl groups excluding tert-OH is 4. The number of ether oxygens (including phenoxy) is 2. The number of hydrogen-bond donors (Lipinski definition) is 5. The lowest BCUT2D eigenvalue weighted by atomic mass is 9.99. The van der Waals surface area contributed by atoms with E-state index in [4.69, 9.17) is 9.47 Å². The lowest BCUT2D eigenvalue weighted by molar-refractivity contribution is -0.277. The summed E-state index contributed by atoms with van der Waals surface area (Å²) in [5.41, 5.74) is 0.105. The summed E-state index contributed by atoms with van der Waals surface area (Å²) in [6, 6.07) is 3.33. The molecule has 28 heavy (non-hydrogen) atoms. The van der Waals surface area contributed by atoms with Crippen LogP contribution in [0.1, 0.15) is 24.2 Å². The fourth-order valence-electron chi connectivity index (χ4n) is 3.09. The van der Waals surface area contributed by atoms with Gasteiger partial charge in [-0.3, -0.25) is 9.52 Å². The average molecular weight is 418 g/mol. The lowest BCUT2D eigenvalue weighted by Crippen LogP contribution is -2.60. The van der Waals surface area contributed by atoms with Gasteiger partial charge in [-0.25, -0.2) is 4.31 Å². The number of rotatable bonds is 4. The summed E-state index contributed by atoms with van der Waals surface area (Å²) in [5.74, 6) is -0.691. The molecule has 1 saturated heterocycles. The summed E-state index contributed by atoms with van der Waals surface area (Å²) < 4.78 is 38.2. The van der Waals surface area contributed by atoms with Gasteiger partial charge in [-0.1, -0.05) is 0 Å². The third kappa shape index (κ3) is 3.54. The van der Waals surface area contributed by atoms with Gasteiger partial charge in [0.2, 0.25) is 6.29 Å². The smallest absolute Gasteiger partial charge is 0.326 e. The molecular weight excluding hydrogens is 396 g/mol. The minimum atomic E-state index is -4.02. The SMILES string of the molecule is CC(C)N1C(=O)c2cc(O[C@@H]3O[C@H](CO)[C@@H](O)[C@H](O)[C@H]3O)ccc2NS1(=O)=O. The van der Waals surface area contributed by atoms with E-state index >= 15 is 0 Å². The zero-order chi connectivity index (χ0) is 20.8. The van der Waals surface area contributed by atoms with Crippen molar-refractivity contribution in [1.29, 1.82) is 0 Å². The van der Waals surface area contributed by atoms with Gasteiger partial charge < -0.3 is 29.9 Å². The summed E-state index contributed by atoms with van der Waals surface area (Å²) in [6.45, 7) is 2.49. The molecule has 3 rings (SSSR count). The maximum atomic E-state index is 12.6. The molecule has 0 aromatic heterocycles. The number of nitrogens with zero attached hydrogens (tertiary/aromatic N) is 1. The maximum Gasteiger partial charge on any atom is 0.326 e. The Morgan fingerprint density at radius 1 is 1.21 bits per heavy atom. The van der Waals surface area contributed by atoms with Crippen LogP contribution in [0.4, 0.5) is 5.69 Å². The summed E-state index contributed by atoms with van der Waals surface area (Å²) >= 11 is 0. The van der Waals surface area contributed by atoms with E-state index in [0.29, 0.717) is 4.31 Å². The highest BCUT2D eigenvalue weighted by Crippen LogP contribution is 2.32. The van der Waals surface area contributed by atoms with Gasteiger partial charge in [0.1, 0.15) is 30.2 Å². The molecule has 2 aliphatic heterocycles. The normalized spacial score (nSPS) is 32.0. The van der Waals surface area contributed by atoms with E-state index in [1.165, 1.54) is 18.2 Å². The number of carbonyl (C=O) groups is 1. The standard InChI is InChI=1S/C16H22N2O9S/c1-7(2)18-15(23)9-5-8(3-4-10(9)17-28(18,24)25)26-16-14(22)13(21)12(20)11(6-19)27-16/h3-5,7,11-14,16-17,19-22H,6H2,1-2H3/t11-,12-,13+,14-,16-/m1/s1. The molecule has 5 N–H and O–H groups in total. The van der Waals surface area contributed by atoms with Crippen LogP contribution in [0.15, 0.2) is 18.2 Å². The first-order valence-corrected chi connectivity index (χ1v) is 9.98. The predicted molar refractivity (Wildman–Crippen MR) is 94.7 cm³/mol. The third-order valence-corrected chi connectivity index (χ3v) is 6.07. The highest BCUT2D eigenvalue weighted by Gasteiger charge is 2.45. The fraction of sp³-hybridized carbons (Fsp3) is 0.562. The van der Waals surface area contributed by atoms with Gasteiger partial charge in [-0.15, -0.1) is 0 Å². The Bertz CT molecular complexity index is 858. The summed E-state index contributed by atoms with van der Waals surface area (Å²) in [5, 5.41) is 38.9. The van der Waals surface area contributed by atoms with Crippen LogP contribution >= 0.6 is 0 Å². The Hall–Kier alpha value is -1.96. The Labute approximate surface area is 161 Å². The molecule has 0 bridgehead atoms. The van der Waals surface area contributed by atoms with E-state index in [1.54, 1.807) is 13.8 Å². The van der Waals surface area contributed by atoms with Crippen LogP contribution in [0.5, 0.6) is 5.75 Å². The molecule has 156 valence electrons. The Kier molecular flexibility index (Phi) is 5.53. The highest BCUT2D eigenvalue weighted by atomic mass is 32.2. The number of aliphatic hydroxyl groups is 4. The fourth-order valence-corrected chi connectivity index (χ4v) is 4.52.